The van der Waals surface area contributed by atoms with Crippen molar-refractivity contribution in [3.05, 3.63) is 29.3 Å². The molecule has 0 saturated carbocycles. The van der Waals surface area contributed by atoms with Crippen LogP contribution >= 0.6 is 0 Å². The Morgan fingerprint density at radius 2 is 1.79 bits per heavy atom. The Morgan fingerprint density at radius 1 is 1.21 bits per heavy atom. The second-order valence-electron chi connectivity index (χ2n) is 5.20. The predicted octanol–water partition coefficient (Wildman–Crippen LogP) is 2.62. The molecule has 4 nitrogen and oxygen atoms in total. The van der Waals surface area contributed by atoms with Crippen molar-refractivity contribution in [3.63, 3.8) is 0 Å². The summed E-state index contributed by atoms with van der Waals surface area (Å²) in [5, 5.41) is 5.72. The van der Waals surface area contributed by atoms with Crippen molar-refractivity contribution in [1.82, 2.24) is 0 Å². The summed E-state index contributed by atoms with van der Waals surface area (Å²) in [6.07, 6.45) is 0.232. The van der Waals surface area contributed by atoms with Crippen LogP contribution in [-0.2, 0) is 9.59 Å². The molecule has 1 atom stereocenters. The molecule has 0 aliphatic carbocycles. The van der Waals surface area contributed by atoms with Crippen molar-refractivity contribution in [3.8, 4) is 0 Å². The van der Waals surface area contributed by atoms with Crippen molar-refractivity contribution >= 4 is 23.1 Å². The van der Waals surface area contributed by atoms with Gasteiger partial charge in [-0.2, -0.15) is 5.10 Å². The van der Waals surface area contributed by atoms with E-state index in [1.165, 1.54) is 11.9 Å². The van der Waals surface area contributed by atoms with Gasteiger partial charge >= 0.3 is 0 Å². The summed E-state index contributed by atoms with van der Waals surface area (Å²) in [5.41, 5.74) is 3.66. The number of anilines is 1. The van der Waals surface area contributed by atoms with E-state index in [0.717, 1.165) is 16.8 Å². The molecule has 1 aliphatic heterocycles. The van der Waals surface area contributed by atoms with Crippen LogP contribution in [0.15, 0.2) is 23.3 Å². The summed E-state index contributed by atoms with van der Waals surface area (Å²) in [4.78, 5) is 23.6. The molecule has 0 spiro atoms. The summed E-state index contributed by atoms with van der Waals surface area (Å²) >= 11 is 0. The summed E-state index contributed by atoms with van der Waals surface area (Å²) < 4.78 is 0. The lowest BCUT2D eigenvalue weighted by atomic mass is 9.98. The second kappa shape index (κ2) is 4.96. The Labute approximate surface area is 113 Å². The van der Waals surface area contributed by atoms with Gasteiger partial charge in [0.15, 0.2) is 0 Å². The topological polar surface area (TPSA) is 49.7 Å². The molecule has 1 amide bonds. The minimum Gasteiger partial charge on any atom is -0.300 e. The fourth-order valence-corrected chi connectivity index (χ4v) is 2.38. The smallest absolute Gasteiger partial charge is 0.256 e. The molecule has 1 aromatic rings. The molecular formula is C15H18N2O2. The number of carbonyl (C=O) groups excluding carboxylic acids is 2. The van der Waals surface area contributed by atoms with Gasteiger partial charge < -0.3 is 0 Å². The Hall–Kier alpha value is -1.97. The van der Waals surface area contributed by atoms with E-state index in [4.69, 9.17) is 0 Å². The highest BCUT2D eigenvalue weighted by Gasteiger charge is 2.35. The number of hydrogen-bond acceptors (Lipinski definition) is 3. The van der Waals surface area contributed by atoms with E-state index in [0.29, 0.717) is 5.71 Å². The average Bonchev–Trinajstić information content (AvgIpc) is 2.55. The molecule has 1 aromatic carbocycles. The summed E-state index contributed by atoms with van der Waals surface area (Å²) in [5.74, 6) is -0.508. The van der Waals surface area contributed by atoms with Gasteiger partial charge in [-0.1, -0.05) is 6.07 Å². The van der Waals surface area contributed by atoms with Gasteiger partial charge in [-0.15, -0.1) is 0 Å². The quantitative estimate of drug-likeness (QED) is 0.836. The van der Waals surface area contributed by atoms with Crippen LogP contribution in [0.2, 0.25) is 0 Å². The fraction of sp³-hybridized carbons (Fsp3) is 0.400. The molecule has 0 N–H and O–H groups in total. The number of nitrogens with zero attached hydrogens (tertiary/aromatic N) is 2. The zero-order chi connectivity index (χ0) is 14.2. The van der Waals surface area contributed by atoms with Crippen molar-refractivity contribution in [1.29, 1.82) is 0 Å². The number of hydrogen-bond donors (Lipinski definition) is 0. The first-order valence-corrected chi connectivity index (χ1v) is 6.35. The van der Waals surface area contributed by atoms with Crippen molar-refractivity contribution < 1.29 is 9.59 Å². The number of Topliss-reactive ketones (excluding diaryl/α,β-unsaturated/α-hetero) is 1. The van der Waals surface area contributed by atoms with Gasteiger partial charge in [-0.05, 0) is 51.0 Å². The SMILES string of the molecule is CC(=O)CC1C(=O)N(c2cc(C)cc(C)c2)N=C1C. The number of rotatable bonds is 3. The highest BCUT2D eigenvalue weighted by Crippen LogP contribution is 2.27. The zero-order valence-corrected chi connectivity index (χ0v) is 11.7. The van der Waals surface area contributed by atoms with Gasteiger partial charge in [0.05, 0.1) is 11.6 Å². The Bertz CT molecular complexity index is 555. The molecule has 0 saturated heterocycles. The van der Waals surface area contributed by atoms with E-state index in [2.05, 4.69) is 5.10 Å². The van der Waals surface area contributed by atoms with Crippen LogP contribution in [0.3, 0.4) is 0 Å². The van der Waals surface area contributed by atoms with Crippen LogP contribution in [-0.4, -0.2) is 17.4 Å². The molecule has 2 rings (SSSR count). The summed E-state index contributed by atoms with van der Waals surface area (Å²) in [6.45, 7) is 7.27. The number of carbonyl (C=O) groups is 2. The van der Waals surface area contributed by atoms with Crippen molar-refractivity contribution in [2.75, 3.05) is 5.01 Å². The average molecular weight is 258 g/mol. The number of hydrazone groups is 1. The molecule has 0 radical (unpaired) electrons. The standard InChI is InChI=1S/C15H18N2O2/c1-9-5-10(2)7-13(6-9)17-15(19)14(8-11(3)18)12(4)16-17/h5-7,14H,8H2,1-4H3. The normalized spacial score (nSPS) is 18.7. The van der Waals surface area contributed by atoms with Crippen LogP contribution < -0.4 is 5.01 Å². The predicted molar refractivity (Wildman–Crippen MR) is 75.3 cm³/mol. The number of aryl methyl sites for hydroxylation is 2. The van der Waals surface area contributed by atoms with Gasteiger partial charge in [0.1, 0.15) is 5.78 Å². The first-order valence-electron chi connectivity index (χ1n) is 6.35. The Kier molecular flexibility index (Phi) is 3.51. The first kappa shape index (κ1) is 13.5. The summed E-state index contributed by atoms with van der Waals surface area (Å²) in [6, 6.07) is 5.91. The molecule has 0 fully saturated rings. The maximum Gasteiger partial charge on any atom is 0.256 e. The third-order valence-corrected chi connectivity index (χ3v) is 3.21. The first-order chi connectivity index (χ1) is 8.88. The van der Waals surface area contributed by atoms with Crippen LogP contribution in [0.5, 0.6) is 0 Å². The second-order valence-corrected chi connectivity index (χ2v) is 5.20. The van der Waals surface area contributed by atoms with Crippen LogP contribution in [0.25, 0.3) is 0 Å². The van der Waals surface area contributed by atoms with Gasteiger partial charge in [-0.25, -0.2) is 5.01 Å². The lowest BCUT2D eigenvalue weighted by Crippen LogP contribution is -2.28. The maximum absolute atomic E-state index is 12.3. The van der Waals surface area contributed by atoms with Gasteiger partial charge in [-0.3, -0.25) is 9.59 Å². The molecule has 0 aromatic heterocycles. The van der Waals surface area contributed by atoms with E-state index in [1.807, 2.05) is 32.0 Å². The molecule has 1 heterocycles. The minimum atomic E-state index is -0.404. The van der Waals surface area contributed by atoms with Crippen LogP contribution in [0, 0.1) is 19.8 Å². The van der Waals surface area contributed by atoms with E-state index >= 15 is 0 Å². The lowest BCUT2D eigenvalue weighted by molar-refractivity contribution is -0.124. The zero-order valence-electron chi connectivity index (χ0n) is 11.7. The molecule has 4 heteroatoms. The largest absolute Gasteiger partial charge is 0.300 e. The number of ketones is 1. The third kappa shape index (κ3) is 2.72. The molecule has 0 bridgehead atoms. The molecule has 1 unspecified atom stereocenters. The van der Waals surface area contributed by atoms with Gasteiger partial charge in [0.2, 0.25) is 0 Å². The fourth-order valence-electron chi connectivity index (χ4n) is 2.38. The van der Waals surface area contributed by atoms with E-state index in [9.17, 15) is 9.59 Å². The summed E-state index contributed by atoms with van der Waals surface area (Å²) in [7, 11) is 0. The van der Waals surface area contributed by atoms with Crippen LogP contribution in [0.4, 0.5) is 5.69 Å². The highest BCUT2D eigenvalue weighted by molar-refractivity contribution is 6.16. The van der Waals surface area contributed by atoms with Crippen LogP contribution in [0.1, 0.15) is 31.4 Å². The van der Waals surface area contributed by atoms with E-state index in [-0.39, 0.29) is 18.1 Å². The molecular weight excluding hydrogens is 240 g/mol. The molecule has 100 valence electrons. The highest BCUT2D eigenvalue weighted by atomic mass is 16.2. The third-order valence-electron chi connectivity index (χ3n) is 3.21. The lowest BCUT2D eigenvalue weighted by Gasteiger charge is -2.15. The number of benzene rings is 1. The Morgan fingerprint density at radius 3 is 2.32 bits per heavy atom. The molecule has 19 heavy (non-hydrogen) atoms. The Balaban J connectivity index is 2.32. The van der Waals surface area contributed by atoms with Crippen molar-refractivity contribution in [2.24, 2.45) is 11.0 Å². The van der Waals surface area contributed by atoms with E-state index < -0.39 is 5.92 Å². The number of amides is 1. The minimum absolute atomic E-state index is 0.00942. The monoisotopic (exact) mass is 258 g/mol. The van der Waals surface area contributed by atoms with Gasteiger partial charge in [0.25, 0.3) is 5.91 Å². The molecule has 1 aliphatic rings. The van der Waals surface area contributed by atoms with Crippen molar-refractivity contribution in [2.45, 2.75) is 34.1 Å². The van der Waals surface area contributed by atoms with Gasteiger partial charge in [0, 0.05) is 12.1 Å². The van der Waals surface area contributed by atoms with E-state index in [1.54, 1.807) is 6.92 Å². The maximum atomic E-state index is 12.3.